The first kappa shape index (κ1) is 11.3. The Morgan fingerprint density at radius 2 is 2.06 bits per heavy atom. The highest BCUT2D eigenvalue weighted by molar-refractivity contribution is 5.94. The Bertz CT molecular complexity index is 335. The van der Waals surface area contributed by atoms with Gasteiger partial charge in [0.25, 0.3) is 0 Å². The van der Waals surface area contributed by atoms with E-state index in [0.29, 0.717) is 5.41 Å². The first-order valence-corrected chi connectivity index (χ1v) is 7.25. The van der Waals surface area contributed by atoms with Crippen LogP contribution in [0.15, 0.2) is 11.6 Å². The quantitative estimate of drug-likeness (QED) is 0.797. The molecule has 2 nitrogen and oxygen atoms in total. The summed E-state index contributed by atoms with van der Waals surface area (Å²) >= 11 is 0. The summed E-state index contributed by atoms with van der Waals surface area (Å²) in [6, 6.07) is 0. The third-order valence-electron chi connectivity index (χ3n) is 4.80. The van der Waals surface area contributed by atoms with Gasteiger partial charge in [-0.15, -0.1) is 0 Å². The van der Waals surface area contributed by atoms with Crippen LogP contribution in [0.4, 0.5) is 0 Å². The third-order valence-corrected chi connectivity index (χ3v) is 4.80. The Morgan fingerprint density at radius 3 is 2.76 bits per heavy atom. The van der Waals surface area contributed by atoms with Gasteiger partial charge >= 0.3 is 0 Å². The minimum Gasteiger partial charge on any atom is -0.352 e. The van der Waals surface area contributed by atoms with Crippen molar-refractivity contribution < 1.29 is 4.79 Å². The van der Waals surface area contributed by atoms with Crippen molar-refractivity contribution in [2.75, 3.05) is 6.54 Å². The predicted molar refractivity (Wildman–Crippen MR) is 68.6 cm³/mol. The average Bonchev–Trinajstić information content (AvgIpc) is 3.10. The third kappa shape index (κ3) is 2.56. The summed E-state index contributed by atoms with van der Waals surface area (Å²) in [5, 5.41) is 3.10. The first-order valence-electron chi connectivity index (χ1n) is 7.25. The number of rotatable bonds is 3. The van der Waals surface area contributed by atoms with Crippen LogP contribution in [0.1, 0.15) is 57.8 Å². The SMILES string of the molecule is O=C(NCC1CC1)C1=CCC2(CCCCC2)C1. The molecule has 0 aromatic rings. The van der Waals surface area contributed by atoms with E-state index in [1.165, 1.54) is 44.9 Å². The van der Waals surface area contributed by atoms with Gasteiger partial charge in [-0.3, -0.25) is 4.79 Å². The molecule has 0 unspecified atom stereocenters. The van der Waals surface area contributed by atoms with Crippen molar-refractivity contribution in [3.8, 4) is 0 Å². The van der Waals surface area contributed by atoms with Gasteiger partial charge in [-0.2, -0.15) is 0 Å². The molecular weight excluding hydrogens is 210 g/mol. The monoisotopic (exact) mass is 233 g/mol. The number of amides is 1. The Kier molecular flexibility index (Phi) is 2.97. The zero-order chi connectivity index (χ0) is 11.7. The molecule has 3 aliphatic carbocycles. The van der Waals surface area contributed by atoms with Crippen LogP contribution in [-0.4, -0.2) is 12.5 Å². The molecule has 3 rings (SSSR count). The second kappa shape index (κ2) is 4.47. The average molecular weight is 233 g/mol. The van der Waals surface area contributed by atoms with Crippen molar-refractivity contribution in [3.05, 3.63) is 11.6 Å². The fourth-order valence-corrected chi connectivity index (χ4v) is 3.42. The maximum absolute atomic E-state index is 12.0. The molecule has 0 aromatic heterocycles. The molecule has 2 fully saturated rings. The number of nitrogens with one attached hydrogen (secondary N) is 1. The summed E-state index contributed by atoms with van der Waals surface area (Å²) in [6.07, 6.45) is 13.8. The van der Waals surface area contributed by atoms with Gasteiger partial charge in [0.15, 0.2) is 0 Å². The maximum atomic E-state index is 12.0. The van der Waals surface area contributed by atoms with Gasteiger partial charge in [-0.05, 0) is 49.9 Å². The van der Waals surface area contributed by atoms with Gasteiger partial charge in [0.05, 0.1) is 0 Å². The second-order valence-electron chi connectivity index (χ2n) is 6.32. The van der Waals surface area contributed by atoms with Gasteiger partial charge in [0.1, 0.15) is 0 Å². The topological polar surface area (TPSA) is 29.1 Å². The van der Waals surface area contributed by atoms with E-state index in [4.69, 9.17) is 0 Å². The zero-order valence-electron chi connectivity index (χ0n) is 10.6. The summed E-state index contributed by atoms with van der Waals surface area (Å²) in [4.78, 5) is 12.0. The Labute approximate surface area is 104 Å². The van der Waals surface area contributed by atoms with E-state index < -0.39 is 0 Å². The Balaban J connectivity index is 1.52. The van der Waals surface area contributed by atoms with Crippen molar-refractivity contribution in [2.45, 2.75) is 57.8 Å². The highest BCUT2D eigenvalue weighted by atomic mass is 16.1. The summed E-state index contributed by atoms with van der Waals surface area (Å²) in [6.45, 7) is 0.906. The highest BCUT2D eigenvalue weighted by Crippen LogP contribution is 2.48. The van der Waals surface area contributed by atoms with Gasteiger partial charge in [0, 0.05) is 12.1 Å². The molecule has 17 heavy (non-hydrogen) atoms. The van der Waals surface area contributed by atoms with Crippen LogP contribution in [0.5, 0.6) is 0 Å². The normalized spacial score (nSPS) is 26.9. The molecule has 94 valence electrons. The number of carbonyl (C=O) groups is 1. The Hall–Kier alpha value is -0.790. The van der Waals surface area contributed by atoms with Crippen molar-refractivity contribution in [1.82, 2.24) is 5.32 Å². The van der Waals surface area contributed by atoms with Gasteiger partial charge in [-0.25, -0.2) is 0 Å². The molecule has 3 aliphatic rings. The molecule has 1 N–H and O–H groups in total. The lowest BCUT2D eigenvalue weighted by atomic mass is 9.72. The molecule has 2 heteroatoms. The van der Waals surface area contributed by atoms with Crippen LogP contribution in [-0.2, 0) is 4.79 Å². The van der Waals surface area contributed by atoms with Gasteiger partial charge < -0.3 is 5.32 Å². The standard InChI is InChI=1S/C15H23NO/c17-14(16-11-12-4-5-12)13-6-9-15(10-13)7-2-1-3-8-15/h6,12H,1-5,7-11H2,(H,16,17). The number of allylic oxidation sites excluding steroid dienone is 1. The van der Waals surface area contributed by atoms with Crippen LogP contribution < -0.4 is 5.32 Å². The van der Waals surface area contributed by atoms with Gasteiger partial charge in [-0.1, -0.05) is 25.3 Å². The number of hydrogen-bond acceptors (Lipinski definition) is 1. The minimum atomic E-state index is 0.222. The Morgan fingerprint density at radius 1 is 1.29 bits per heavy atom. The van der Waals surface area contributed by atoms with Crippen LogP contribution in [0.25, 0.3) is 0 Å². The highest BCUT2D eigenvalue weighted by Gasteiger charge is 2.37. The molecule has 2 saturated carbocycles. The van der Waals surface area contributed by atoms with Crippen molar-refractivity contribution >= 4 is 5.91 Å². The molecule has 0 saturated heterocycles. The van der Waals surface area contributed by atoms with E-state index in [1.54, 1.807) is 0 Å². The molecule has 0 atom stereocenters. The molecule has 0 aliphatic heterocycles. The molecule has 0 aromatic carbocycles. The van der Waals surface area contributed by atoms with Crippen LogP contribution in [0.2, 0.25) is 0 Å². The molecule has 1 spiro atoms. The molecule has 0 bridgehead atoms. The second-order valence-corrected chi connectivity index (χ2v) is 6.32. The fraction of sp³-hybridized carbons (Fsp3) is 0.800. The largest absolute Gasteiger partial charge is 0.352 e. The number of hydrogen-bond donors (Lipinski definition) is 1. The molecular formula is C15H23NO. The summed E-state index contributed by atoms with van der Waals surface area (Å²) < 4.78 is 0. The lowest BCUT2D eigenvalue weighted by molar-refractivity contribution is -0.117. The lowest BCUT2D eigenvalue weighted by Gasteiger charge is -2.33. The van der Waals surface area contributed by atoms with Crippen LogP contribution >= 0.6 is 0 Å². The predicted octanol–water partition coefficient (Wildman–Crippen LogP) is 3.18. The summed E-state index contributed by atoms with van der Waals surface area (Å²) in [7, 11) is 0. The fourth-order valence-electron chi connectivity index (χ4n) is 3.42. The summed E-state index contributed by atoms with van der Waals surface area (Å²) in [5.74, 6) is 1.00. The molecule has 0 heterocycles. The summed E-state index contributed by atoms with van der Waals surface area (Å²) in [5.41, 5.74) is 1.55. The maximum Gasteiger partial charge on any atom is 0.246 e. The molecule has 1 amide bonds. The van der Waals surface area contributed by atoms with Crippen LogP contribution in [0.3, 0.4) is 0 Å². The van der Waals surface area contributed by atoms with E-state index in [2.05, 4.69) is 11.4 Å². The van der Waals surface area contributed by atoms with Crippen molar-refractivity contribution in [2.24, 2.45) is 11.3 Å². The van der Waals surface area contributed by atoms with E-state index in [-0.39, 0.29) is 5.91 Å². The van der Waals surface area contributed by atoms with Gasteiger partial charge in [0.2, 0.25) is 5.91 Å². The van der Waals surface area contributed by atoms with Crippen molar-refractivity contribution in [3.63, 3.8) is 0 Å². The molecule has 0 radical (unpaired) electrons. The minimum absolute atomic E-state index is 0.222. The van der Waals surface area contributed by atoms with Crippen molar-refractivity contribution in [1.29, 1.82) is 0 Å². The van der Waals surface area contributed by atoms with E-state index in [0.717, 1.165) is 30.9 Å². The van der Waals surface area contributed by atoms with E-state index in [9.17, 15) is 4.79 Å². The van der Waals surface area contributed by atoms with E-state index >= 15 is 0 Å². The number of carbonyl (C=O) groups excluding carboxylic acids is 1. The first-order chi connectivity index (χ1) is 8.27. The van der Waals surface area contributed by atoms with E-state index in [1.807, 2.05) is 0 Å². The lowest BCUT2D eigenvalue weighted by Crippen LogP contribution is -2.28. The zero-order valence-corrected chi connectivity index (χ0v) is 10.6. The van der Waals surface area contributed by atoms with Crippen LogP contribution in [0, 0.1) is 11.3 Å². The smallest absolute Gasteiger partial charge is 0.246 e.